The minimum atomic E-state index is -2.93. The number of furan rings is 1. The molecule has 16 rings (SSSR count). The molecule has 0 saturated heterocycles. The second-order valence-electron chi connectivity index (χ2n) is 25.8. The van der Waals surface area contributed by atoms with Crippen molar-refractivity contribution in [3.05, 3.63) is 210 Å². The largest absolute Gasteiger partial charge is 0.466 e. The lowest BCUT2D eigenvalue weighted by Crippen LogP contribution is -2.78. The maximum atomic E-state index is 7.96. The summed E-state index contributed by atoms with van der Waals surface area (Å²) in [7, 11) is -2.93. The Balaban J connectivity index is 1.11. The summed E-state index contributed by atoms with van der Waals surface area (Å²) in [6, 6.07) is 71.0. The molecule has 0 saturated carbocycles. The zero-order valence-electron chi connectivity index (χ0n) is 45.1. The van der Waals surface area contributed by atoms with E-state index in [4.69, 9.17) is 4.42 Å². The quantitative estimate of drug-likeness (QED) is 0.161. The Morgan fingerprint density at radius 2 is 1.09 bits per heavy atom. The van der Waals surface area contributed by atoms with Crippen molar-refractivity contribution in [2.45, 2.75) is 96.8 Å². The molecule has 10 aromatic rings. The number of fused-ring (bicyclic) bond motifs is 20. The van der Waals surface area contributed by atoms with Gasteiger partial charge in [-0.15, -0.1) is 0 Å². The standard InChI is InChI=1S/C71H61BN2OSi/c1-68(2,3)43-34-35-54(48(38-43)42-22-11-10-12-23-42)73-56-40-49-44-24-13-16-28-51(44)71(8,9)63(49)62-47-27-21-33-61-65(47)74(55-29-17-20-32-60(55)76(61)58-30-18-14-25-45(58)46-26-15-19-31-59(46)76)72(64(56)62)67-66(73)50-39-52-53(41-57(50)75-67)70(6,7)37-36-69(52,4)5/h10-35,38-41H,36-37H2,1-9H3. The highest BCUT2D eigenvalue weighted by Crippen LogP contribution is 2.60. The Hall–Kier alpha value is -7.60. The van der Waals surface area contributed by atoms with Gasteiger partial charge in [-0.25, -0.2) is 0 Å². The predicted octanol–water partition coefficient (Wildman–Crippen LogP) is 14.4. The normalized spacial score (nSPS) is 17.5. The van der Waals surface area contributed by atoms with E-state index in [2.05, 4.69) is 254 Å². The molecule has 4 aliphatic heterocycles. The van der Waals surface area contributed by atoms with Gasteiger partial charge < -0.3 is 14.1 Å². The maximum absolute atomic E-state index is 7.96. The molecular formula is C71H61BN2OSi. The van der Waals surface area contributed by atoms with Crippen LogP contribution in [-0.2, 0) is 21.7 Å². The highest BCUT2D eigenvalue weighted by atomic mass is 28.3. The van der Waals surface area contributed by atoms with Crippen LogP contribution in [0.1, 0.15) is 103 Å². The first-order valence-electron chi connectivity index (χ1n) is 27.8. The van der Waals surface area contributed by atoms with Gasteiger partial charge in [-0.2, -0.15) is 0 Å². The van der Waals surface area contributed by atoms with E-state index in [1.165, 1.54) is 121 Å². The molecule has 6 aliphatic rings. The maximum Gasteiger partial charge on any atom is 0.375 e. The van der Waals surface area contributed by atoms with Crippen molar-refractivity contribution in [3.8, 4) is 44.5 Å². The summed E-state index contributed by atoms with van der Waals surface area (Å²) in [5.74, 6) is 0. The van der Waals surface area contributed by atoms with Gasteiger partial charge in [0.2, 0.25) is 0 Å². The molecule has 76 heavy (non-hydrogen) atoms. The Morgan fingerprint density at radius 1 is 0.487 bits per heavy atom. The van der Waals surface area contributed by atoms with Gasteiger partial charge in [-0.3, -0.25) is 0 Å². The molecule has 0 unspecified atom stereocenters. The smallest absolute Gasteiger partial charge is 0.375 e. The third-order valence-electron chi connectivity index (χ3n) is 19.4. The molecule has 0 atom stereocenters. The van der Waals surface area contributed by atoms with Crippen LogP contribution in [0.4, 0.5) is 28.4 Å². The lowest BCUT2D eigenvalue weighted by Gasteiger charge is -2.51. The number of para-hydroxylation sites is 2. The second-order valence-corrected chi connectivity index (χ2v) is 29.4. The third kappa shape index (κ3) is 5.44. The van der Waals surface area contributed by atoms with E-state index in [1.807, 2.05) is 0 Å². The van der Waals surface area contributed by atoms with Crippen LogP contribution < -0.4 is 41.6 Å². The summed E-state index contributed by atoms with van der Waals surface area (Å²) >= 11 is 0. The molecule has 0 amide bonds. The molecule has 0 N–H and O–H groups in total. The van der Waals surface area contributed by atoms with Gasteiger partial charge in [0, 0.05) is 39.0 Å². The van der Waals surface area contributed by atoms with Crippen LogP contribution >= 0.6 is 0 Å². The Morgan fingerprint density at radius 3 is 1.80 bits per heavy atom. The summed E-state index contributed by atoms with van der Waals surface area (Å²) in [5, 5.41) is 7.05. The van der Waals surface area contributed by atoms with Crippen LogP contribution in [0.5, 0.6) is 0 Å². The van der Waals surface area contributed by atoms with E-state index >= 15 is 0 Å². The fourth-order valence-corrected chi connectivity index (χ4v) is 21.3. The lowest BCUT2D eigenvalue weighted by molar-refractivity contribution is 0.332. The van der Waals surface area contributed by atoms with E-state index < -0.39 is 8.07 Å². The van der Waals surface area contributed by atoms with Crippen LogP contribution in [0.2, 0.25) is 0 Å². The van der Waals surface area contributed by atoms with Crippen molar-refractivity contribution in [3.63, 3.8) is 0 Å². The van der Waals surface area contributed by atoms with Crippen LogP contribution in [0.25, 0.3) is 55.5 Å². The molecular weight excluding hydrogens is 936 g/mol. The van der Waals surface area contributed by atoms with Crippen LogP contribution in [0, 0.1) is 0 Å². The molecule has 1 aromatic heterocycles. The van der Waals surface area contributed by atoms with Crippen molar-refractivity contribution in [2.75, 3.05) is 9.71 Å². The second kappa shape index (κ2) is 14.7. The summed E-state index contributed by atoms with van der Waals surface area (Å²) < 4.78 is 7.96. The monoisotopic (exact) mass is 996 g/mol. The third-order valence-corrected chi connectivity index (χ3v) is 24.4. The molecule has 368 valence electrons. The summed E-state index contributed by atoms with van der Waals surface area (Å²) in [6.45, 7) is 21.5. The van der Waals surface area contributed by atoms with Gasteiger partial charge in [0.1, 0.15) is 11.2 Å². The van der Waals surface area contributed by atoms with E-state index in [0.717, 1.165) is 35.5 Å². The molecule has 0 fully saturated rings. The van der Waals surface area contributed by atoms with E-state index in [1.54, 1.807) is 0 Å². The molecule has 5 heterocycles. The Bertz CT molecular complexity index is 4180. The van der Waals surface area contributed by atoms with Crippen LogP contribution in [-0.4, -0.2) is 14.9 Å². The van der Waals surface area contributed by atoms with Gasteiger partial charge in [0.05, 0.1) is 11.4 Å². The zero-order valence-corrected chi connectivity index (χ0v) is 46.1. The molecule has 3 nitrogen and oxygen atoms in total. The summed E-state index contributed by atoms with van der Waals surface area (Å²) in [6.07, 6.45) is 2.26. The molecule has 5 heteroatoms. The van der Waals surface area contributed by atoms with Gasteiger partial charge in [0.25, 0.3) is 0 Å². The van der Waals surface area contributed by atoms with Crippen molar-refractivity contribution < 1.29 is 4.42 Å². The molecule has 0 bridgehead atoms. The number of hydrogen-bond donors (Lipinski definition) is 0. The molecule has 2 aliphatic carbocycles. The van der Waals surface area contributed by atoms with Gasteiger partial charge >= 0.3 is 6.85 Å². The minimum absolute atomic E-state index is 0.00249. The molecule has 0 radical (unpaired) electrons. The van der Waals surface area contributed by atoms with Crippen molar-refractivity contribution in [2.24, 2.45) is 0 Å². The summed E-state index contributed by atoms with van der Waals surface area (Å²) in [4.78, 5) is 5.46. The Labute approximate surface area is 449 Å². The van der Waals surface area contributed by atoms with Crippen molar-refractivity contribution in [1.82, 2.24) is 0 Å². The number of anilines is 5. The first-order valence-corrected chi connectivity index (χ1v) is 29.8. The fourth-order valence-electron chi connectivity index (χ4n) is 15.7. The predicted molar refractivity (Wildman–Crippen MR) is 323 cm³/mol. The highest BCUT2D eigenvalue weighted by Gasteiger charge is 2.60. The number of hydrogen-bond acceptors (Lipinski definition) is 3. The van der Waals surface area contributed by atoms with Gasteiger partial charge in [-0.1, -0.05) is 208 Å². The van der Waals surface area contributed by atoms with E-state index in [9.17, 15) is 0 Å². The van der Waals surface area contributed by atoms with Gasteiger partial charge in [-0.05, 0) is 153 Å². The fraction of sp³-hybridized carbons (Fsp3) is 0.211. The molecule has 9 aromatic carbocycles. The highest BCUT2D eigenvalue weighted by molar-refractivity contribution is 7.24. The number of benzene rings is 9. The first-order chi connectivity index (χ1) is 36.6. The van der Waals surface area contributed by atoms with E-state index in [-0.39, 0.29) is 28.5 Å². The SMILES string of the molecule is CC(C)(C)c1ccc(N2c3cc4c(c5c3B(c3oc6cc7c(cc6c32)C(C)(C)CCC7(C)C)N2c3ccccc3[Si]3(c6ccccc6-c6ccccc63)c3cccc-5c32)C(C)(C)c2ccccc2-4)c(-c2ccccc2)c1. The lowest BCUT2D eigenvalue weighted by atomic mass is 9.45. The van der Waals surface area contributed by atoms with Crippen molar-refractivity contribution >= 4 is 86.2 Å². The summed E-state index contributed by atoms with van der Waals surface area (Å²) in [5.41, 5.74) is 26.5. The topological polar surface area (TPSA) is 19.6 Å². The van der Waals surface area contributed by atoms with Crippen LogP contribution in [0.15, 0.2) is 186 Å². The van der Waals surface area contributed by atoms with Crippen molar-refractivity contribution in [1.29, 1.82) is 0 Å². The average molecular weight is 997 g/mol. The number of rotatable bonds is 2. The first kappa shape index (κ1) is 44.7. The van der Waals surface area contributed by atoms with Gasteiger partial charge in [0.15, 0.2) is 8.07 Å². The van der Waals surface area contributed by atoms with Crippen LogP contribution in [0.3, 0.4) is 0 Å². The zero-order chi connectivity index (χ0) is 51.6. The molecule has 1 spiro atoms. The average Bonchev–Trinajstić information content (AvgIpc) is 4.20. The van der Waals surface area contributed by atoms with E-state index in [0.29, 0.717) is 0 Å². The minimum Gasteiger partial charge on any atom is -0.466 e. The Kier molecular flexibility index (Phi) is 8.61. The number of nitrogens with zero attached hydrogens (tertiary/aromatic N) is 2.